The van der Waals surface area contributed by atoms with Crippen LogP contribution in [0, 0.1) is 11.7 Å². The highest BCUT2D eigenvalue weighted by molar-refractivity contribution is 7.18. The van der Waals surface area contributed by atoms with Gasteiger partial charge in [0.1, 0.15) is 19.0 Å². The van der Waals surface area contributed by atoms with E-state index in [2.05, 4.69) is 27.8 Å². The molecule has 4 aromatic rings. The number of nitrogens with zero attached hydrogens (tertiary/aromatic N) is 4. The van der Waals surface area contributed by atoms with Gasteiger partial charge in [-0.05, 0) is 66.6 Å². The molecule has 5 rings (SSSR count). The van der Waals surface area contributed by atoms with Crippen molar-refractivity contribution in [3.05, 3.63) is 79.2 Å². The van der Waals surface area contributed by atoms with Crippen molar-refractivity contribution in [1.29, 1.82) is 0 Å². The van der Waals surface area contributed by atoms with E-state index in [1.807, 2.05) is 0 Å². The van der Waals surface area contributed by atoms with Gasteiger partial charge >= 0.3 is 0 Å². The van der Waals surface area contributed by atoms with Crippen LogP contribution in [0.5, 0.6) is 11.5 Å². The van der Waals surface area contributed by atoms with Crippen molar-refractivity contribution in [3.63, 3.8) is 0 Å². The lowest BCUT2D eigenvalue weighted by Gasteiger charge is -2.17. The number of halogens is 2. The zero-order chi connectivity index (χ0) is 27.5. The molecule has 12 heteroatoms. The van der Waals surface area contributed by atoms with Crippen LogP contribution in [-0.4, -0.2) is 34.2 Å². The van der Waals surface area contributed by atoms with E-state index in [4.69, 9.17) is 21.1 Å². The maximum atomic E-state index is 14.0. The van der Waals surface area contributed by atoms with Gasteiger partial charge in [0.15, 0.2) is 16.3 Å². The zero-order valence-corrected chi connectivity index (χ0v) is 22.8. The number of thiophene rings is 1. The number of carbonyl (C=O) groups is 1. The third-order valence-electron chi connectivity index (χ3n) is 6.50. The molecule has 0 bridgehead atoms. The number of benzene rings is 2. The number of ether oxygens (including phenoxy) is 2. The van der Waals surface area contributed by atoms with Crippen molar-refractivity contribution in [1.82, 2.24) is 20.4 Å². The summed E-state index contributed by atoms with van der Waals surface area (Å²) in [6.45, 7) is 1.81. The van der Waals surface area contributed by atoms with Gasteiger partial charge in [0.05, 0.1) is 23.7 Å². The molecule has 202 valence electrons. The van der Waals surface area contributed by atoms with E-state index in [9.17, 15) is 14.0 Å². The van der Waals surface area contributed by atoms with Crippen LogP contribution in [0.25, 0.3) is 10.2 Å². The SMILES string of the molecule is COc1cc(/C=N/NC(=O)Cn2nnc3sc4c(c3c2=O)CCC(C)C4)ccc1OCc1c(F)cccc1Cl. The Morgan fingerprint density at radius 3 is 2.97 bits per heavy atom. The van der Waals surface area contributed by atoms with Gasteiger partial charge in [0.2, 0.25) is 0 Å². The molecule has 9 nitrogen and oxygen atoms in total. The lowest BCUT2D eigenvalue weighted by molar-refractivity contribution is -0.121. The Bertz CT molecular complexity index is 1620. The number of amides is 1. The molecule has 1 N–H and O–H groups in total. The standard InChI is InChI=1S/C27H25ClFN5O4S/c1-15-6-8-17-23(10-15)39-26-25(17)27(36)34(33-32-26)13-24(35)31-30-12-16-7-9-21(22(11-16)37-2)38-14-18-19(28)4-3-5-20(18)29/h3-5,7,9,11-12,15H,6,8,10,13-14H2,1-2H3,(H,31,35)/b30-12+. The molecule has 2 heterocycles. The van der Waals surface area contributed by atoms with Crippen molar-refractivity contribution < 1.29 is 18.7 Å². The zero-order valence-electron chi connectivity index (χ0n) is 21.2. The maximum Gasteiger partial charge on any atom is 0.279 e. The van der Waals surface area contributed by atoms with Crippen LogP contribution in [0.1, 0.15) is 34.9 Å². The second kappa shape index (κ2) is 11.5. The number of hydrogen-bond acceptors (Lipinski definition) is 8. The van der Waals surface area contributed by atoms with Gasteiger partial charge in [0, 0.05) is 10.4 Å². The summed E-state index contributed by atoms with van der Waals surface area (Å²) < 4.78 is 26.2. The van der Waals surface area contributed by atoms with Crippen LogP contribution < -0.4 is 20.5 Å². The number of aromatic nitrogens is 3. The predicted octanol–water partition coefficient (Wildman–Crippen LogP) is 4.51. The van der Waals surface area contributed by atoms with E-state index in [1.54, 1.807) is 24.3 Å². The van der Waals surface area contributed by atoms with Crippen molar-refractivity contribution >= 4 is 45.3 Å². The molecule has 1 atom stereocenters. The van der Waals surface area contributed by atoms with Crippen molar-refractivity contribution in [2.45, 2.75) is 39.3 Å². The molecule has 0 saturated heterocycles. The van der Waals surface area contributed by atoms with E-state index >= 15 is 0 Å². The third-order valence-corrected chi connectivity index (χ3v) is 8.00. The topological polar surface area (TPSA) is 108 Å². The molecule has 1 unspecified atom stereocenters. The van der Waals surface area contributed by atoms with Gasteiger partial charge in [-0.25, -0.2) is 14.5 Å². The van der Waals surface area contributed by atoms with Gasteiger partial charge < -0.3 is 9.47 Å². The van der Waals surface area contributed by atoms with Gasteiger partial charge in [-0.2, -0.15) is 5.10 Å². The van der Waals surface area contributed by atoms with Crippen molar-refractivity contribution in [3.8, 4) is 11.5 Å². The number of aryl methyl sites for hydroxylation is 1. The molecule has 0 aliphatic heterocycles. The van der Waals surface area contributed by atoms with E-state index < -0.39 is 11.7 Å². The number of fused-ring (bicyclic) bond motifs is 3. The summed E-state index contributed by atoms with van der Waals surface area (Å²) in [5.74, 6) is 0.371. The fourth-order valence-electron chi connectivity index (χ4n) is 4.45. The lowest BCUT2D eigenvalue weighted by Crippen LogP contribution is -2.32. The molecule has 39 heavy (non-hydrogen) atoms. The highest BCUT2D eigenvalue weighted by atomic mass is 35.5. The molecular weight excluding hydrogens is 545 g/mol. The van der Waals surface area contributed by atoms with Gasteiger partial charge in [0.25, 0.3) is 11.5 Å². The Morgan fingerprint density at radius 1 is 1.33 bits per heavy atom. The molecule has 1 aliphatic carbocycles. The molecule has 1 amide bonds. The summed E-state index contributed by atoms with van der Waals surface area (Å²) in [4.78, 5) is 27.3. The smallest absolute Gasteiger partial charge is 0.279 e. The van der Waals surface area contributed by atoms with Crippen LogP contribution in [0.15, 0.2) is 46.3 Å². The Morgan fingerprint density at radius 2 is 2.18 bits per heavy atom. The van der Waals surface area contributed by atoms with Crippen LogP contribution in [0.2, 0.25) is 5.02 Å². The van der Waals surface area contributed by atoms with Gasteiger partial charge in [-0.15, -0.1) is 16.4 Å². The first-order chi connectivity index (χ1) is 18.8. The molecule has 0 fully saturated rings. The van der Waals surface area contributed by atoms with Crippen LogP contribution in [-0.2, 0) is 30.8 Å². The summed E-state index contributed by atoms with van der Waals surface area (Å²) in [6, 6.07) is 9.41. The van der Waals surface area contributed by atoms with Crippen LogP contribution in [0.4, 0.5) is 4.39 Å². The highest BCUT2D eigenvalue weighted by Gasteiger charge is 2.24. The Labute approximate surface area is 232 Å². The summed E-state index contributed by atoms with van der Waals surface area (Å²) in [5.41, 5.74) is 3.98. The summed E-state index contributed by atoms with van der Waals surface area (Å²) >= 11 is 7.57. The second-order valence-electron chi connectivity index (χ2n) is 9.28. The first-order valence-electron chi connectivity index (χ1n) is 12.3. The first-order valence-corrected chi connectivity index (χ1v) is 13.5. The van der Waals surface area contributed by atoms with Gasteiger partial charge in [-0.1, -0.05) is 29.8 Å². The minimum absolute atomic E-state index is 0.0767. The summed E-state index contributed by atoms with van der Waals surface area (Å²) in [5, 5.41) is 12.9. The van der Waals surface area contributed by atoms with Gasteiger partial charge in [-0.3, -0.25) is 9.59 Å². The van der Waals surface area contributed by atoms with Crippen molar-refractivity contribution in [2.24, 2.45) is 11.0 Å². The van der Waals surface area contributed by atoms with E-state index in [-0.39, 0.29) is 29.3 Å². The van der Waals surface area contributed by atoms with Crippen molar-refractivity contribution in [2.75, 3.05) is 7.11 Å². The summed E-state index contributed by atoms with van der Waals surface area (Å²) in [7, 11) is 1.47. The van der Waals surface area contributed by atoms with E-state index in [1.165, 1.54) is 41.7 Å². The average molecular weight is 570 g/mol. The number of methoxy groups -OCH3 is 1. The summed E-state index contributed by atoms with van der Waals surface area (Å²) in [6.07, 6.45) is 4.21. The molecule has 0 spiro atoms. The fraction of sp³-hybridized carbons (Fsp3) is 0.296. The molecule has 1 aliphatic rings. The average Bonchev–Trinajstić information content (AvgIpc) is 3.28. The quantitative estimate of drug-likeness (QED) is 0.247. The van der Waals surface area contributed by atoms with Crippen LogP contribution >= 0.6 is 22.9 Å². The normalized spacial score (nSPS) is 14.9. The monoisotopic (exact) mass is 569 g/mol. The molecule has 2 aromatic carbocycles. The Hall–Kier alpha value is -3.83. The minimum atomic E-state index is -0.520. The fourth-order valence-corrected chi connectivity index (χ4v) is 5.99. The minimum Gasteiger partial charge on any atom is -0.493 e. The number of carbonyl (C=O) groups excluding carboxylic acids is 1. The molecule has 0 radical (unpaired) electrons. The number of hydrogen-bond donors (Lipinski definition) is 1. The number of hydrazone groups is 1. The number of rotatable bonds is 8. The second-order valence-corrected chi connectivity index (χ2v) is 10.8. The molecule has 2 aromatic heterocycles. The first kappa shape index (κ1) is 26.8. The molecular formula is C27H25ClFN5O4S. The maximum absolute atomic E-state index is 14.0. The number of nitrogens with one attached hydrogen (secondary N) is 1. The highest BCUT2D eigenvalue weighted by Crippen LogP contribution is 2.35. The molecule has 0 saturated carbocycles. The predicted molar refractivity (Wildman–Crippen MR) is 147 cm³/mol. The largest absolute Gasteiger partial charge is 0.493 e. The lowest BCUT2D eigenvalue weighted by atomic mass is 9.89. The van der Waals surface area contributed by atoms with Crippen LogP contribution in [0.3, 0.4) is 0 Å². The third kappa shape index (κ3) is 5.79. The Kier molecular flexibility index (Phi) is 7.89. The van der Waals surface area contributed by atoms with E-state index in [0.29, 0.717) is 33.2 Å². The Balaban J connectivity index is 1.23. The van der Waals surface area contributed by atoms with E-state index in [0.717, 1.165) is 29.5 Å².